The van der Waals surface area contributed by atoms with Crippen LogP contribution in [0.1, 0.15) is 75.8 Å². The molecule has 60 heavy (non-hydrogen) atoms. The average molecular weight is 836 g/mol. The van der Waals surface area contributed by atoms with Gasteiger partial charge in [-0.3, -0.25) is 24.7 Å². The number of nitrogens with one attached hydrogen (secondary N) is 2. The Labute approximate surface area is 350 Å². The normalized spacial score (nSPS) is 28.8. The van der Waals surface area contributed by atoms with Gasteiger partial charge in [-0.15, -0.1) is 11.8 Å². The Kier molecular flexibility index (Phi) is 9.07. The van der Waals surface area contributed by atoms with Crippen molar-refractivity contribution in [2.45, 2.75) is 87.6 Å². The zero-order valence-corrected chi connectivity index (χ0v) is 34.9. The second kappa shape index (κ2) is 14.1. The van der Waals surface area contributed by atoms with Crippen LogP contribution < -0.4 is 24.3 Å². The molecule has 0 aliphatic carbocycles. The van der Waals surface area contributed by atoms with Crippen LogP contribution in [-0.4, -0.2) is 102 Å². The van der Waals surface area contributed by atoms with E-state index in [-0.39, 0.29) is 37.6 Å². The number of hydrogen-bond donors (Lipinski definition) is 3. The van der Waals surface area contributed by atoms with Gasteiger partial charge in [0.05, 0.1) is 36.2 Å². The lowest BCUT2D eigenvalue weighted by Crippen LogP contribution is -2.69. The number of hydrogen-bond acceptors (Lipinski definition) is 15. The van der Waals surface area contributed by atoms with Crippen LogP contribution in [0, 0.1) is 25.2 Å². The number of fused-ring (bicyclic) bond motifs is 11. The number of piperazine rings is 1. The minimum Gasteiger partial charge on any atom is -0.504 e. The molecular weight excluding hydrogens is 791 g/mol. The number of nitriles is 1. The molecule has 0 saturated carbocycles. The summed E-state index contributed by atoms with van der Waals surface area (Å²) < 4.78 is 36.4. The minimum absolute atomic E-state index is 0.0218. The standard InChI is InChI=1S/C44H45N5O10S/c1-19-11-23-12-28-29(14-45)49-30-16-56-43(53)44(42-26(13-24(47-44)15-55-21(3)50)25-9-7-8-10-27(25)46-42)17-60-41(35(49)34(48(28)5)31(23)36(52)37(19)54-6)33-32(30)40-39(57-18-58-40)20(2)38(33)59-22(4)51/h7-11,24,28-30,34-35,41,46-47,52H,12-13,15-18H2,1-6H3/t24-,28+,29?,30-,34-,35+,41+,44+/m0/s1. The van der Waals surface area contributed by atoms with Crippen molar-refractivity contribution in [3.63, 3.8) is 0 Å². The fourth-order valence-corrected chi connectivity index (χ4v) is 12.7. The number of aryl methyl sites for hydroxylation is 1. The van der Waals surface area contributed by atoms with E-state index >= 15 is 4.79 Å². The maximum Gasteiger partial charge on any atom is 0.333 e. The molecule has 1 aromatic heterocycles. The smallest absolute Gasteiger partial charge is 0.333 e. The van der Waals surface area contributed by atoms with Crippen molar-refractivity contribution >= 4 is 40.6 Å². The van der Waals surface area contributed by atoms with Gasteiger partial charge in [0, 0.05) is 70.9 Å². The molecule has 3 N–H and O–H groups in total. The molecule has 1 spiro atoms. The number of phenols is 1. The third-order valence-electron chi connectivity index (χ3n) is 13.4. The Morgan fingerprint density at radius 2 is 1.85 bits per heavy atom. The van der Waals surface area contributed by atoms with Crippen LogP contribution in [0.2, 0.25) is 0 Å². The summed E-state index contributed by atoms with van der Waals surface area (Å²) in [6, 6.07) is 9.23. The maximum absolute atomic E-state index is 15.2. The summed E-state index contributed by atoms with van der Waals surface area (Å²) in [5.41, 5.74) is 5.24. The third kappa shape index (κ3) is 5.41. The summed E-state index contributed by atoms with van der Waals surface area (Å²) in [5, 5.41) is 27.3. The van der Waals surface area contributed by atoms with Gasteiger partial charge in [-0.05, 0) is 56.5 Å². The summed E-state index contributed by atoms with van der Waals surface area (Å²) in [5.74, 6) is 0.203. The first-order chi connectivity index (χ1) is 28.9. The summed E-state index contributed by atoms with van der Waals surface area (Å²) in [4.78, 5) is 48.3. The highest BCUT2D eigenvalue weighted by Crippen LogP contribution is 2.64. The molecule has 8 atom stereocenters. The number of para-hydroxylation sites is 1. The van der Waals surface area contributed by atoms with Gasteiger partial charge in [-0.25, -0.2) is 4.79 Å². The number of carbonyl (C=O) groups excluding carboxylic acids is 3. The molecule has 15 nitrogen and oxygen atoms in total. The van der Waals surface area contributed by atoms with Gasteiger partial charge in [0.25, 0.3) is 0 Å². The number of aromatic amines is 1. The Bertz CT molecular complexity index is 2570. The van der Waals surface area contributed by atoms with Crippen LogP contribution in [0.5, 0.6) is 28.7 Å². The zero-order chi connectivity index (χ0) is 41.9. The van der Waals surface area contributed by atoms with Crippen molar-refractivity contribution < 1.29 is 47.9 Å². The molecular formula is C44H45N5O10S. The highest BCUT2D eigenvalue weighted by atomic mass is 32.2. The van der Waals surface area contributed by atoms with E-state index in [9.17, 15) is 20.0 Å². The molecule has 4 bridgehead atoms. The molecule has 0 amide bonds. The number of nitrogens with zero attached hydrogens (tertiary/aromatic N) is 3. The SMILES string of the molecule is COc1c(C)cc2c(c1O)[C@H]1[C@@H]3[C@@H]4SC[C@]5(N[C@H](COC(C)=O)Cc6c5[nH]c5ccccc65)C(=O)OC[C@@H](c5c6c(c(C)c(OC(C)=O)c54)OCO6)N3C(C#N)[C@@H](C2)N1C. The maximum atomic E-state index is 15.2. The zero-order valence-electron chi connectivity index (χ0n) is 34.0. The number of aromatic nitrogens is 1. The first kappa shape index (κ1) is 38.7. The largest absolute Gasteiger partial charge is 0.504 e. The fourth-order valence-electron chi connectivity index (χ4n) is 11.1. The number of methoxy groups -OCH3 is 1. The Morgan fingerprint density at radius 1 is 1.07 bits per heavy atom. The van der Waals surface area contributed by atoms with Gasteiger partial charge < -0.3 is 38.5 Å². The third-order valence-corrected chi connectivity index (χ3v) is 14.9. The van der Waals surface area contributed by atoms with Gasteiger partial charge in [-0.1, -0.05) is 24.3 Å². The van der Waals surface area contributed by atoms with Crippen LogP contribution in [0.3, 0.4) is 0 Å². The lowest BCUT2D eigenvalue weighted by molar-refractivity contribution is -0.158. The van der Waals surface area contributed by atoms with Crippen LogP contribution in [0.25, 0.3) is 10.9 Å². The minimum atomic E-state index is -1.47. The molecule has 2 fully saturated rings. The molecule has 0 radical (unpaired) electrons. The van der Waals surface area contributed by atoms with Crippen molar-refractivity contribution in [1.82, 2.24) is 20.1 Å². The van der Waals surface area contributed by atoms with E-state index < -0.39 is 58.9 Å². The van der Waals surface area contributed by atoms with Crippen molar-refractivity contribution in [2.75, 3.05) is 39.9 Å². The van der Waals surface area contributed by atoms with E-state index in [1.165, 1.54) is 32.7 Å². The topological polar surface area (TPSA) is 185 Å². The number of rotatable bonds is 4. The molecule has 8 heterocycles. The van der Waals surface area contributed by atoms with Gasteiger partial charge >= 0.3 is 17.9 Å². The van der Waals surface area contributed by atoms with E-state index in [0.29, 0.717) is 63.8 Å². The summed E-state index contributed by atoms with van der Waals surface area (Å²) >= 11 is 1.47. The number of ether oxygens (including phenoxy) is 6. The lowest BCUT2D eigenvalue weighted by Gasteiger charge is -2.62. The monoisotopic (exact) mass is 835 g/mol. The summed E-state index contributed by atoms with van der Waals surface area (Å²) in [6.07, 6.45) is 0.954. The van der Waals surface area contributed by atoms with E-state index in [4.69, 9.17) is 28.4 Å². The van der Waals surface area contributed by atoms with Crippen molar-refractivity contribution in [3.05, 3.63) is 75.0 Å². The molecule has 4 aromatic rings. The Balaban J connectivity index is 1.24. The van der Waals surface area contributed by atoms with E-state index in [1.54, 1.807) is 0 Å². The van der Waals surface area contributed by atoms with Gasteiger partial charge in [0.2, 0.25) is 6.79 Å². The Morgan fingerprint density at radius 3 is 2.60 bits per heavy atom. The van der Waals surface area contributed by atoms with Crippen LogP contribution in [-0.2, 0) is 42.2 Å². The number of H-pyrrole nitrogens is 1. The molecule has 1 unspecified atom stereocenters. The van der Waals surface area contributed by atoms with Crippen LogP contribution in [0.15, 0.2) is 30.3 Å². The van der Waals surface area contributed by atoms with Crippen molar-refractivity contribution in [3.8, 4) is 34.8 Å². The predicted molar refractivity (Wildman–Crippen MR) is 217 cm³/mol. The highest BCUT2D eigenvalue weighted by Gasteiger charge is 2.62. The molecule has 7 aliphatic rings. The van der Waals surface area contributed by atoms with Crippen LogP contribution in [0.4, 0.5) is 0 Å². The second-order valence-corrected chi connectivity index (χ2v) is 17.7. The van der Waals surface area contributed by atoms with Gasteiger partial charge in [0.15, 0.2) is 28.5 Å². The van der Waals surface area contributed by atoms with Gasteiger partial charge in [0.1, 0.15) is 25.0 Å². The summed E-state index contributed by atoms with van der Waals surface area (Å²) in [6.45, 7) is 6.18. The fraction of sp³-hybridized carbons (Fsp3) is 0.455. The van der Waals surface area contributed by atoms with E-state index in [2.05, 4.69) is 26.2 Å². The number of phenolic OH excluding ortho intramolecular Hbond substituents is 1. The average Bonchev–Trinajstić information content (AvgIpc) is 3.86. The van der Waals surface area contributed by atoms with Gasteiger partial charge in [-0.2, -0.15) is 5.26 Å². The number of carbonyl (C=O) groups is 3. The number of aromatic hydroxyl groups is 1. The molecule has 16 heteroatoms. The first-order valence-corrected chi connectivity index (χ1v) is 21.2. The molecule has 2 saturated heterocycles. The molecule has 312 valence electrons. The lowest BCUT2D eigenvalue weighted by atomic mass is 9.71. The quantitative estimate of drug-likeness (QED) is 0.190. The summed E-state index contributed by atoms with van der Waals surface area (Å²) in [7, 11) is 3.53. The molecule has 11 rings (SSSR count). The number of esters is 3. The van der Waals surface area contributed by atoms with Crippen LogP contribution >= 0.6 is 11.8 Å². The van der Waals surface area contributed by atoms with E-state index in [1.807, 2.05) is 51.2 Å². The molecule has 7 aliphatic heterocycles. The predicted octanol–water partition coefficient (Wildman–Crippen LogP) is 4.69. The number of likely N-dealkylation sites (N-methyl/N-ethyl adjacent to an activating group) is 1. The number of benzene rings is 3. The second-order valence-electron chi connectivity index (χ2n) is 16.6. The number of thioether (sulfide) groups is 1. The van der Waals surface area contributed by atoms with E-state index in [0.717, 1.165) is 27.6 Å². The van der Waals surface area contributed by atoms with Crippen molar-refractivity contribution in [1.29, 1.82) is 5.26 Å². The van der Waals surface area contributed by atoms with Crippen molar-refractivity contribution in [2.24, 2.45) is 0 Å². The Hall–Kier alpha value is -5.47. The highest BCUT2D eigenvalue weighted by molar-refractivity contribution is 7.99. The molecule has 3 aromatic carbocycles. The first-order valence-electron chi connectivity index (χ1n) is 20.1.